The number of thiophene rings is 1. The predicted molar refractivity (Wildman–Crippen MR) is 79.5 cm³/mol. The van der Waals surface area contributed by atoms with Crippen LogP contribution >= 0.6 is 11.3 Å². The van der Waals surface area contributed by atoms with Crippen molar-refractivity contribution in [1.29, 1.82) is 0 Å². The molecule has 2 aromatic heterocycles. The zero-order valence-electron chi connectivity index (χ0n) is 11.6. The number of hydrogen-bond acceptors (Lipinski definition) is 4. The van der Waals surface area contributed by atoms with Crippen LogP contribution in [0.15, 0.2) is 6.33 Å². The van der Waals surface area contributed by atoms with Crippen LogP contribution in [0.5, 0.6) is 0 Å². The highest BCUT2D eigenvalue weighted by Crippen LogP contribution is 2.32. The van der Waals surface area contributed by atoms with E-state index in [9.17, 15) is 0 Å². The van der Waals surface area contributed by atoms with Gasteiger partial charge in [-0.05, 0) is 32.3 Å². The molecule has 0 fully saturated rings. The van der Waals surface area contributed by atoms with Crippen molar-refractivity contribution in [2.45, 2.75) is 53.0 Å². The maximum Gasteiger partial charge on any atom is 0.138 e. The molecule has 1 atom stereocenters. The molecule has 0 spiro atoms. The number of fused-ring (bicyclic) bond motifs is 1. The molecule has 0 saturated carbocycles. The first kappa shape index (κ1) is 13.3. The van der Waals surface area contributed by atoms with Crippen LogP contribution in [0, 0.1) is 13.8 Å². The maximum absolute atomic E-state index is 4.44. The van der Waals surface area contributed by atoms with E-state index in [4.69, 9.17) is 0 Å². The Balaban J connectivity index is 2.38. The minimum Gasteiger partial charge on any atom is -0.367 e. The van der Waals surface area contributed by atoms with Crippen LogP contribution in [-0.2, 0) is 0 Å². The van der Waals surface area contributed by atoms with Gasteiger partial charge in [-0.15, -0.1) is 11.3 Å². The van der Waals surface area contributed by atoms with Crippen LogP contribution in [0.1, 0.15) is 43.6 Å². The van der Waals surface area contributed by atoms with Gasteiger partial charge in [-0.25, -0.2) is 9.97 Å². The molecular weight excluding hydrogens is 242 g/mol. The minimum atomic E-state index is 0.507. The summed E-state index contributed by atoms with van der Waals surface area (Å²) in [5.41, 5.74) is 1.31. The molecule has 2 aromatic rings. The second kappa shape index (κ2) is 5.65. The summed E-state index contributed by atoms with van der Waals surface area (Å²) in [6.45, 7) is 8.75. The molecule has 1 unspecified atom stereocenters. The third-order valence-electron chi connectivity index (χ3n) is 3.44. The molecular formula is C14H21N3S. The van der Waals surface area contributed by atoms with Crippen LogP contribution < -0.4 is 5.32 Å². The van der Waals surface area contributed by atoms with E-state index in [1.165, 1.54) is 28.7 Å². The summed E-state index contributed by atoms with van der Waals surface area (Å²) in [6.07, 6.45) is 5.17. The first-order valence-corrected chi connectivity index (χ1v) is 7.46. The van der Waals surface area contributed by atoms with Crippen LogP contribution in [-0.4, -0.2) is 16.0 Å². The van der Waals surface area contributed by atoms with E-state index in [1.54, 1.807) is 17.7 Å². The Bertz CT molecular complexity index is 533. The molecule has 0 aliphatic rings. The van der Waals surface area contributed by atoms with E-state index in [0.717, 1.165) is 17.1 Å². The monoisotopic (exact) mass is 263 g/mol. The molecule has 98 valence electrons. The fraction of sp³-hybridized carbons (Fsp3) is 0.571. The Kier molecular flexibility index (Phi) is 4.17. The molecule has 3 nitrogen and oxygen atoms in total. The lowest BCUT2D eigenvalue weighted by Gasteiger charge is -2.17. The number of anilines is 1. The smallest absolute Gasteiger partial charge is 0.138 e. The van der Waals surface area contributed by atoms with E-state index in [2.05, 4.69) is 43.0 Å². The Hall–Kier alpha value is -1.16. The molecule has 0 aromatic carbocycles. The molecule has 0 radical (unpaired) electrons. The van der Waals surface area contributed by atoms with Crippen molar-refractivity contribution in [2.75, 3.05) is 5.32 Å². The molecule has 0 amide bonds. The molecule has 4 heteroatoms. The van der Waals surface area contributed by atoms with Gasteiger partial charge in [0.1, 0.15) is 17.0 Å². The van der Waals surface area contributed by atoms with E-state index in [0.29, 0.717) is 6.04 Å². The summed E-state index contributed by atoms with van der Waals surface area (Å²) in [6, 6.07) is 0.507. The third kappa shape index (κ3) is 2.48. The lowest BCUT2D eigenvalue weighted by molar-refractivity contribution is 0.621. The fourth-order valence-electron chi connectivity index (χ4n) is 2.21. The van der Waals surface area contributed by atoms with E-state index < -0.39 is 0 Å². The van der Waals surface area contributed by atoms with Crippen molar-refractivity contribution in [3.8, 4) is 0 Å². The zero-order chi connectivity index (χ0) is 13.1. The average Bonchev–Trinajstić information content (AvgIpc) is 2.65. The van der Waals surface area contributed by atoms with Gasteiger partial charge in [-0.1, -0.05) is 20.3 Å². The van der Waals surface area contributed by atoms with Crippen molar-refractivity contribution in [3.63, 3.8) is 0 Å². The highest BCUT2D eigenvalue weighted by Gasteiger charge is 2.14. The van der Waals surface area contributed by atoms with Gasteiger partial charge >= 0.3 is 0 Å². The van der Waals surface area contributed by atoms with E-state index in [-0.39, 0.29) is 0 Å². The van der Waals surface area contributed by atoms with Crippen molar-refractivity contribution in [1.82, 2.24) is 9.97 Å². The Morgan fingerprint density at radius 1 is 1.28 bits per heavy atom. The highest BCUT2D eigenvalue weighted by atomic mass is 32.1. The summed E-state index contributed by atoms with van der Waals surface area (Å²) in [5, 5.41) is 4.79. The van der Waals surface area contributed by atoms with Gasteiger partial charge in [0.25, 0.3) is 0 Å². The van der Waals surface area contributed by atoms with Crippen LogP contribution in [0.2, 0.25) is 0 Å². The SMILES string of the molecule is CCCC(CC)Nc1ncnc2sc(C)c(C)c12. The zero-order valence-corrected chi connectivity index (χ0v) is 12.4. The normalized spacial score (nSPS) is 12.9. The number of aryl methyl sites for hydroxylation is 2. The minimum absolute atomic E-state index is 0.507. The lowest BCUT2D eigenvalue weighted by Crippen LogP contribution is -2.19. The summed E-state index contributed by atoms with van der Waals surface area (Å²) in [7, 11) is 0. The van der Waals surface area contributed by atoms with E-state index in [1.807, 2.05) is 0 Å². The fourth-order valence-corrected chi connectivity index (χ4v) is 3.21. The van der Waals surface area contributed by atoms with Gasteiger partial charge in [0.2, 0.25) is 0 Å². The van der Waals surface area contributed by atoms with Gasteiger partial charge in [-0.3, -0.25) is 0 Å². The molecule has 18 heavy (non-hydrogen) atoms. The van der Waals surface area contributed by atoms with Crippen molar-refractivity contribution >= 4 is 27.4 Å². The second-order valence-corrected chi connectivity index (χ2v) is 5.93. The second-order valence-electron chi connectivity index (χ2n) is 4.72. The van der Waals surface area contributed by atoms with Gasteiger partial charge in [0, 0.05) is 10.9 Å². The molecule has 0 bridgehead atoms. The Labute approximate surface area is 113 Å². The third-order valence-corrected chi connectivity index (χ3v) is 4.55. The quantitative estimate of drug-likeness (QED) is 0.874. The molecule has 2 rings (SSSR count). The number of nitrogens with zero attached hydrogens (tertiary/aromatic N) is 2. The summed E-state index contributed by atoms with van der Waals surface area (Å²) < 4.78 is 0. The van der Waals surface area contributed by atoms with Crippen LogP contribution in [0.4, 0.5) is 5.82 Å². The largest absolute Gasteiger partial charge is 0.367 e. The van der Waals surface area contributed by atoms with Crippen LogP contribution in [0.3, 0.4) is 0 Å². The predicted octanol–water partition coefficient (Wildman–Crippen LogP) is 4.30. The van der Waals surface area contributed by atoms with Crippen molar-refractivity contribution in [3.05, 3.63) is 16.8 Å². The Morgan fingerprint density at radius 2 is 2.06 bits per heavy atom. The molecule has 0 saturated heterocycles. The standard InChI is InChI=1S/C14H21N3S/c1-5-7-11(6-2)17-13-12-9(3)10(4)18-14(12)16-8-15-13/h8,11H,5-7H2,1-4H3,(H,15,16,17). The van der Waals surface area contributed by atoms with E-state index >= 15 is 0 Å². The maximum atomic E-state index is 4.44. The lowest BCUT2D eigenvalue weighted by atomic mass is 10.1. The summed E-state index contributed by atoms with van der Waals surface area (Å²) in [5.74, 6) is 1.00. The van der Waals surface area contributed by atoms with Crippen molar-refractivity contribution < 1.29 is 0 Å². The van der Waals surface area contributed by atoms with Gasteiger partial charge in [0.15, 0.2) is 0 Å². The van der Waals surface area contributed by atoms with Gasteiger partial charge in [0.05, 0.1) is 5.39 Å². The first-order valence-electron chi connectivity index (χ1n) is 6.64. The topological polar surface area (TPSA) is 37.8 Å². The average molecular weight is 263 g/mol. The first-order chi connectivity index (χ1) is 8.67. The number of aromatic nitrogens is 2. The Morgan fingerprint density at radius 3 is 2.72 bits per heavy atom. The van der Waals surface area contributed by atoms with Crippen LogP contribution in [0.25, 0.3) is 10.2 Å². The van der Waals surface area contributed by atoms with Gasteiger partial charge < -0.3 is 5.32 Å². The molecule has 0 aliphatic carbocycles. The number of rotatable bonds is 5. The molecule has 0 aliphatic heterocycles. The summed E-state index contributed by atoms with van der Waals surface area (Å²) >= 11 is 1.75. The summed E-state index contributed by atoms with van der Waals surface area (Å²) in [4.78, 5) is 11.2. The number of hydrogen-bond donors (Lipinski definition) is 1. The molecule has 2 heterocycles. The van der Waals surface area contributed by atoms with Gasteiger partial charge in [-0.2, -0.15) is 0 Å². The molecule has 1 N–H and O–H groups in total. The number of nitrogens with one attached hydrogen (secondary N) is 1. The highest BCUT2D eigenvalue weighted by molar-refractivity contribution is 7.18. The van der Waals surface area contributed by atoms with Crippen molar-refractivity contribution in [2.24, 2.45) is 0 Å².